The van der Waals surface area contributed by atoms with E-state index < -0.39 is 5.41 Å². The van der Waals surface area contributed by atoms with Crippen molar-refractivity contribution in [1.29, 1.82) is 0 Å². The topological polar surface area (TPSA) is 43.4 Å². The number of aryl methyl sites for hydroxylation is 1. The van der Waals surface area contributed by atoms with Gasteiger partial charge in [-0.15, -0.1) is 0 Å². The summed E-state index contributed by atoms with van der Waals surface area (Å²) in [5.41, 5.74) is 0.868. The van der Waals surface area contributed by atoms with Crippen LogP contribution in [0.3, 0.4) is 0 Å². The highest BCUT2D eigenvalue weighted by atomic mass is 16.5. The molecule has 0 aliphatic carbocycles. The summed E-state index contributed by atoms with van der Waals surface area (Å²) >= 11 is 0. The quantitative estimate of drug-likeness (QED) is 0.301. The fourth-order valence-corrected chi connectivity index (χ4v) is 3.81. The van der Waals surface area contributed by atoms with Crippen LogP contribution in [-0.4, -0.2) is 19.5 Å². The highest BCUT2D eigenvalue weighted by Crippen LogP contribution is 2.43. The zero-order valence-electron chi connectivity index (χ0n) is 15.6. The second-order valence-corrected chi connectivity index (χ2v) is 7.44. The van der Waals surface area contributed by atoms with Gasteiger partial charge in [0.25, 0.3) is 0 Å². The summed E-state index contributed by atoms with van der Waals surface area (Å²) in [6.45, 7) is 7.25. The fourth-order valence-electron chi connectivity index (χ4n) is 3.81. The first-order chi connectivity index (χ1) is 12.2. The van der Waals surface area contributed by atoms with Gasteiger partial charge in [0, 0.05) is 24.3 Å². The van der Waals surface area contributed by atoms with Crippen molar-refractivity contribution in [3.63, 3.8) is 0 Å². The van der Waals surface area contributed by atoms with Crippen molar-refractivity contribution in [1.82, 2.24) is 0 Å². The molecule has 0 bridgehead atoms. The summed E-state index contributed by atoms with van der Waals surface area (Å²) in [7, 11) is 5.46. The van der Waals surface area contributed by atoms with Crippen molar-refractivity contribution in [3.8, 4) is 5.75 Å². The van der Waals surface area contributed by atoms with E-state index >= 15 is 0 Å². The van der Waals surface area contributed by atoms with Crippen molar-refractivity contribution in [2.75, 3.05) is 0 Å². The molecule has 0 saturated carbocycles. The molecular weight excluding hydrogens is 323 g/mol. The lowest BCUT2D eigenvalue weighted by atomic mass is 9.73. The van der Waals surface area contributed by atoms with Crippen molar-refractivity contribution in [2.45, 2.75) is 39.5 Å². The summed E-state index contributed by atoms with van der Waals surface area (Å²) < 4.78 is 5.67. The molecule has 3 aromatic rings. The lowest BCUT2D eigenvalue weighted by Gasteiger charge is -2.29. The van der Waals surface area contributed by atoms with Crippen LogP contribution >= 0.6 is 0 Å². The van der Waals surface area contributed by atoms with Crippen LogP contribution in [0.5, 0.6) is 5.75 Å². The van der Waals surface area contributed by atoms with Crippen molar-refractivity contribution < 1.29 is 14.3 Å². The second kappa shape index (κ2) is 6.60. The number of carbonyl (C=O) groups is 2. The molecule has 0 unspecified atom stereocenters. The Bertz CT molecular complexity index is 1030. The molecule has 0 spiro atoms. The minimum Gasteiger partial charge on any atom is -0.426 e. The van der Waals surface area contributed by atoms with Crippen molar-refractivity contribution in [3.05, 3.63) is 53.6 Å². The zero-order valence-corrected chi connectivity index (χ0v) is 15.6. The Balaban J connectivity index is 2.39. The third kappa shape index (κ3) is 3.37. The normalized spacial score (nSPS) is 11.7. The maximum absolute atomic E-state index is 11.8. The Kier molecular flexibility index (Phi) is 4.62. The smallest absolute Gasteiger partial charge is 0.308 e. The Hall–Kier alpha value is -2.62. The molecule has 3 aromatic carbocycles. The van der Waals surface area contributed by atoms with E-state index in [1.807, 2.05) is 45.0 Å². The van der Waals surface area contributed by atoms with Crippen LogP contribution in [0.1, 0.15) is 38.3 Å². The van der Waals surface area contributed by atoms with E-state index in [4.69, 9.17) is 12.6 Å². The first-order valence-electron chi connectivity index (χ1n) is 8.62. The lowest BCUT2D eigenvalue weighted by Crippen LogP contribution is -2.24. The van der Waals surface area contributed by atoms with Gasteiger partial charge in [-0.25, -0.2) is 0 Å². The molecule has 0 aliphatic rings. The first kappa shape index (κ1) is 18.2. The number of carbonyl (C=O) groups excluding carboxylic acids is 2. The third-order valence-corrected chi connectivity index (χ3v) is 4.69. The molecular formula is C22H21BO3. The molecule has 130 valence electrons. The van der Waals surface area contributed by atoms with Gasteiger partial charge in [0.05, 0.1) is 5.68 Å². The summed E-state index contributed by atoms with van der Waals surface area (Å²) in [5.74, 6) is 0.130. The standard InChI is InChI=1S/C22H21BO3/c1-13-9-17-10-15-7-5-6-8-16(15)11-18(17)21(26-14(2)24)20(13)22(3,4)12-19(23)25/h5-11H,12H2,1-4H3. The number of benzene rings is 3. The van der Waals surface area contributed by atoms with Crippen LogP contribution in [0.15, 0.2) is 42.5 Å². The van der Waals surface area contributed by atoms with Gasteiger partial charge >= 0.3 is 5.97 Å². The largest absolute Gasteiger partial charge is 0.426 e. The van der Waals surface area contributed by atoms with Crippen molar-refractivity contribution in [2.24, 2.45) is 0 Å². The van der Waals surface area contributed by atoms with Gasteiger partial charge in [-0.1, -0.05) is 44.2 Å². The predicted molar refractivity (Wildman–Crippen MR) is 106 cm³/mol. The predicted octanol–water partition coefficient (Wildman–Crippen LogP) is 4.59. The maximum Gasteiger partial charge on any atom is 0.308 e. The van der Waals surface area contributed by atoms with E-state index in [1.165, 1.54) is 6.92 Å². The maximum atomic E-state index is 11.8. The average Bonchev–Trinajstić information content (AvgIpc) is 2.51. The van der Waals surface area contributed by atoms with Crippen LogP contribution in [0.2, 0.25) is 0 Å². The second-order valence-electron chi connectivity index (χ2n) is 7.44. The first-order valence-corrected chi connectivity index (χ1v) is 8.62. The van der Waals surface area contributed by atoms with E-state index in [0.717, 1.165) is 32.7 Å². The molecule has 3 rings (SSSR count). The Morgan fingerprint density at radius 2 is 1.65 bits per heavy atom. The molecule has 0 heterocycles. The zero-order chi connectivity index (χ0) is 19.1. The number of esters is 1. The van der Waals surface area contributed by atoms with Crippen LogP contribution < -0.4 is 4.74 Å². The summed E-state index contributed by atoms with van der Waals surface area (Å²) in [4.78, 5) is 23.4. The Morgan fingerprint density at radius 1 is 1.04 bits per heavy atom. The SMILES string of the molecule is [B]C(=O)CC(C)(C)c1c(C)cc2cc3ccccc3cc2c1OC(C)=O. The number of ether oxygens (including phenoxy) is 1. The minimum absolute atomic E-state index is 0.168. The average molecular weight is 344 g/mol. The van der Waals surface area contributed by atoms with Crippen LogP contribution in [0.25, 0.3) is 21.5 Å². The molecule has 0 N–H and O–H groups in total. The molecule has 0 aromatic heterocycles. The summed E-state index contributed by atoms with van der Waals surface area (Å²) in [6.07, 6.45) is 0.168. The molecule has 26 heavy (non-hydrogen) atoms. The van der Waals surface area contributed by atoms with E-state index in [1.54, 1.807) is 0 Å². The molecule has 0 atom stereocenters. The molecule has 0 amide bonds. The van der Waals surface area contributed by atoms with Gasteiger partial charge in [0.1, 0.15) is 5.75 Å². The molecule has 4 heteroatoms. The molecule has 0 fully saturated rings. The van der Waals surface area contributed by atoms with Crippen LogP contribution in [0.4, 0.5) is 0 Å². The van der Waals surface area contributed by atoms with Gasteiger partial charge in [0.15, 0.2) is 7.85 Å². The highest BCUT2D eigenvalue weighted by molar-refractivity contribution is 6.57. The molecule has 0 aliphatic heterocycles. The Morgan fingerprint density at radius 3 is 2.23 bits per heavy atom. The van der Waals surface area contributed by atoms with E-state index in [2.05, 4.69) is 18.2 Å². The Labute approximate surface area is 154 Å². The minimum atomic E-state index is -0.555. The lowest BCUT2D eigenvalue weighted by molar-refractivity contribution is -0.131. The number of rotatable bonds is 4. The summed E-state index contributed by atoms with van der Waals surface area (Å²) in [6, 6.07) is 14.3. The number of hydrogen-bond donors (Lipinski definition) is 0. The summed E-state index contributed by atoms with van der Waals surface area (Å²) in [5, 5.41) is 4.04. The van der Waals surface area contributed by atoms with Gasteiger partial charge in [-0.05, 0) is 46.2 Å². The molecule has 2 radical (unpaired) electrons. The van der Waals surface area contributed by atoms with Crippen molar-refractivity contribution >= 4 is 41.0 Å². The fraction of sp³-hybridized carbons (Fsp3) is 0.273. The van der Waals surface area contributed by atoms with Gasteiger partial charge < -0.3 is 9.53 Å². The van der Waals surface area contributed by atoms with Crippen LogP contribution in [0, 0.1) is 6.92 Å². The molecule has 0 saturated heterocycles. The van der Waals surface area contributed by atoms with Crippen LogP contribution in [-0.2, 0) is 15.0 Å². The van der Waals surface area contributed by atoms with E-state index in [9.17, 15) is 9.59 Å². The van der Waals surface area contributed by atoms with Gasteiger partial charge in [-0.2, -0.15) is 0 Å². The monoisotopic (exact) mass is 344 g/mol. The van der Waals surface area contributed by atoms with Gasteiger partial charge in [0.2, 0.25) is 0 Å². The number of fused-ring (bicyclic) bond motifs is 2. The van der Waals surface area contributed by atoms with E-state index in [0.29, 0.717) is 5.75 Å². The highest BCUT2D eigenvalue weighted by Gasteiger charge is 2.30. The van der Waals surface area contributed by atoms with E-state index in [-0.39, 0.29) is 18.1 Å². The third-order valence-electron chi connectivity index (χ3n) is 4.69. The molecule has 3 nitrogen and oxygen atoms in total. The number of hydrogen-bond acceptors (Lipinski definition) is 3. The van der Waals surface area contributed by atoms with Gasteiger partial charge in [-0.3, -0.25) is 4.79 Å².